The number of anilines is 1. The molecule has 0 spiro atoms. The van der Waals surface area contributed by atoms with E-state index in [1.807, 2.05) is 42.0 Å². The van der Waals surface area contributed by atoms with Crippen LogP contribution < -0.4 is 10.2 Å². The predicted molar refractivity (Wildman–Crippen MR) is 131 cm³/mol. The van der Waals surface area contributed by atoms with Gasteiger partial charge in [0.25, 0.3) is 0 Å². The van der Waals surface area contributed by atoms with E-state index in [1.54, 1.807) is 12.1 Å². The van der Waals surface area contributed by atoms with E-state index in [1.165, 1.54) is 22.0 Å². The number of nitrogens with zero attached hydrogens (tertiary/aromatic N) is 3. The molecule has 0 fully saturated rings. The molecule has 2 rings (SSSR count). The van der Waals surface area contributed by atoms with Crippen molar-refractivity contribution >= 4 is 21.5 Å². The highest BCUT2D eigenvalue weighted by molar-refractivity contribution is 7.89. The van der Waals surface area contributed by atoms with Crippen LogP contribution in [0.1, 0.15) is 35.8 Å². The number of Topliss-reactive ketones (excluding diaryl/α,β-unsaturated/α-hetero) is 1. The molecule has 1 N–H and O–H groups in total. The standard InChI is InChI=1S/C24H36N4O3S/c1-7-28(8-2)32(30,31)22-15-11-20(12-16-22)24(29)18-25-17-23(27(5)6)19-9-13-21(14-10-19)26(3)4/h9-16,23,25H,7-8,17-18H2,1-6H3. The lowest BCUT2D eigenvalue weighted by Gasteiger charge is -2.26. The first-order valence-corrected chi connectivity index (χ1v) is 12.3. The third-order valence-corrected chi connectivity index (χ3v) is 7.62. The number of carbonyl (C=O) groups is 1. The fraction of sp³-hybridized carbons (Fsp3) is 0.458. The van der Waals surface area contributed by atoms with Crippen molar-refractivity contribution in [3.63, 3.8) is 0 Å². The number of carbonyl (C=O) groups excluding carboxylic acids is 1. The average Bonchev–Trinajstić information content (AvgIpc) is 2.77. The van der Waals surface area contributed by atoms with E-state index in [2.05, 4.69) is 39.4 Å². The summed E-state index contributed by atoms with van der Waals surface area (Å²) in [6.45, 7) is 5.24. The molecule has 2 aromatic carbocycles. The summed E-state index contributed by atoms with van der Waals surface area (Å²) < 4.78 is 26.6. The normalized spacial score (nSPS) is 12.9. The van der Waals surface area contributed by atoms with E-state index in [0.29, 0.717) is 25.2 Å². The zero-order chi connectivity index (χ0) is 23.9. The highest BCUT2D eigenvalue weighted by Gasteiger charge is 2.22. The minimum atomic E-state index is -3.52. The van der Waals surface area contributed by atoms with Crippen molar-refractivity contribution in [1.29, 1.82) is 0 Å². The maximum absolute atomic E-state index is 12.6. The van der Waals surface area contributed by atoms with E-state index in [0.717, 1.165) is 5.69 Å². The summed E-state index contributed by atoms with van der Waals surface area (Å²) in [5.41, 5.74) is 2.81. The van der Waals surface area contributed by atoms with E-state index >= 15 is 0 Å². The number of benzene rings is 2. The SMILES string of the molecule is CCN(CC)S(=O)(=O)c1ccc(C(=O)CNCC(c2ccc(N(C)C)cc2)N(C)C)cc1. The summed E-state index contributed by atoms with van der Waals surface area (Å²) in [5.74, 6) is -0.0720. The molecule has 0 heterocycles. The highest BCUT2D eigenvalue weighted by Crippen LogP contribution is 2.21. The quantitative estimate of drug-likeness (QED) is 0.491. The lowest BCUT2D eigenvalue weighted by Crippen LogP contribution is -2.34. The number of ketones is 1. The Hall–Kier alpha value is -2.26. The zero-order valence-electron chi connectivity index (χ0n) is 20.0. The lowest BCUT2D eigenvalue weighted by molar-refractivity contribution is 0.0988. The minimum absolute atomic E-state index is 0.0720. The summed E-state index contributed by atoms with van der Waals surface area (Å²) in [4.78, 5) is 17.0. The molecule has 1 unspecified atom stereocenters. The van der Waals surface area contributed by atoms with Gasteiger partial charge in [-0.3, -0.25) is 4.79 Å². The first kappa shape index (κ1) is 26.0. The first-order chi connectivity index (χ1) is 15.1. The Morgan fingerprint density at radius 3 is 1.94 bits per heavy atom. The fourth-order valence-corrected chi connectivity index (χ4v) is 5.00. The van der Waals surface area contributed by atoms with Crippen LogP contribution in [0, 0.1) is 0 Å². The summed E-state index contributed by atoms with van der Waals surface area (Å²) in [5, 5.41) is 3.25. The molecule has 0 bridgehead atoms. The largest absolute Gasteiger partial charge is 0.378 e. The van der Waals surface area contributed by atoms with Gasteiger partial charge in [0.15, 0.2) is 5.78 Å². The molecule has 0 aromatic heterocycles. The molecule has 7 nitrogen and oxygen atoms in total. The number of hydrogen-bond acceptors (Lipinski definition) is 6. The van der Waals surface area contributed by atoms with Gasteiger partial charge in [-0.2, -0.15) is 4.31 Å². The molecule has 0 aliphatic heterocycles. The summed E-state index contributed by atoms with van der Waals surface area (Å²) in [6, 6.07) is 14.7. The second-order valence-corrected chi connectivity index (χ2v) is 10.1. The van der Waals surface area contributed by atoms with Crippen LogP contribution >= 0.6 is 0 Å². The van der Waals surface area contributed by atoms with Crippen molar-refractivity contribution in [2.75, 3.05) is 59.3 Å². The molecule has 0 saturated heterocycles. The average molecular weight is 461 g/mol. The monoisotopic (exact) mass is 460 g/mol. The Bertz CT molecular complexity index is 967. The lowest BCUT2D eigenvalue weighted by atomic mass is 10.0. The Balaban J connectivity index is 2.00. The number of hydrogen-bond donors (Lipinski definition) is 1. The van der Waals surface area contributed by atoms with Crippen LogP contribution in [-0.2, 0) is 10.0 Å². The van der Waals surface area contributed by atoms with Crippen molar-refractivity contribution < 1.29 is 13.2 Å². The fourth-order valence-electron chi connectivity index (χ4n) is 3.54. The highest BCUT2D eigenvalue weighted by atomic mass is 32.2. The predicted octanol–water partition coefficient (Wildman–Crippen LogP) is 2.86. The van der Waals surface area contributed by atoms with Crippen LogP contribution in [0.2, 0.25) is 0 Å². The van der Waals surface area contributed by atoms with Gasteiger partial charge >= 0.3 is 0 Å². The zero-order valence-corrected chi connectivity index (χ0v) is 20.8. The van der Waals surface area contributed by atoms with Gasteiger partial charge in [-0.1, -0.05) is 38.1 Å². The summed E-state index contributed by atoms with van der Waals surface area (Å²) in [6.07, 6.45) is 0. The third kappa shape index (κ3) is 6.38. The van der Waals surface area contributed by atoms with Crippen LogP contribution in [0.15, 0.2) is 53.4 Å². The van der Waals surface area contributed by atoms with Crippen molar-refractivity contribution in [3.05, 3.63) is 59.7 Å². The van der Waals surface area contributed by atoms with Crippen LogP contribution in [0.5, 0.6) is 0 Å². The van der Waals surface area contributed by atoms with Crippen molar-refractivity contribution in [3.8, 4) is 0 Å². The van der Waals surface area contributed by atoms with E-state index in [9.17, 15) is 13.2 Å². The third-order valence-electron chi connectivity index (χ3n) is 5.56. The summed E-state index contributed by atoms with van der Waals surface area (Å²) in [7, 11) is 4.53. The molecule has 0 aliphatic rings. The molecule has 0 amide bonds. The second-order valence-electron chi connectivity index (χ2n) is 8.13. The van der Waals surface area contributed by atoms with Gasteiger partial charge < -0.3 is 15.1 Å². The van der Waals surface area contributed by atoms with E-state index < -0.39 is 10.0 Å². The van der Waals surface area contributed by atoms with Gasteiger partial charge in [0.05, 0.1) is 11.4 Å². The minimum Gasteiger partial charge on any atom is -0.378 e. The topological polar surface area (TPSA) is 73.0 Å². The van der Waals surface area contributed by atoms with E-state index in [4.69, 9.17) is 0 Å². The van der Waals surface area contributed by atoms with Crippen molar-refractivity contribution in [1.82, 2.24) is 14.5 Å². The van der Waals surface area contributed by atoms with Gasteiger partial charge in [-0.05, 0) is 43.9 Å². The Labute approximate surface area is 193 Å². The Morgan fingerprint density at radius 2 is 1.47 bits per heavy atom. The van der Waals surface area contributed by atoms with Gasteiger partial charge in [0.1, 0.15) is 0 Å². The Kier molecular flexibility index (Phi) is 9.39. The number of nitrogens with one attached hydrogen (secondary N) is 1. The molecule has 0 radical (unpaired) electrons. The molecule has 2 aromatic rings. The van der Waals surface area contributed by atoms with Crippen LogP contribution in [0.25, 0.3) is 0 Å². The van der Waals surface area contributed by atoms with Crippen LogP contribution in [0.4, 0.5) is 5.69 Å². The van der Waals surface area contributed by atoms with Crippen molar-refractivity contribution in [2.45, 2.75) is 24.8 Å². The molecule has 0 saturated carbocycles. The van der Waals surface area contributed by atoms with E-state index in [-0.39, 0.29) is 23.3 Å². The summed E-state index contributed by atoms with van der Waals surface area (Å²) >= 11 is 0. The van der Waals surface area contributed by atoms with Gasteiger partial charge in [-0.25, -0.2) is 8.42 Å². The van der Waals surface area contributed by atoms with Crippen LogP contribution in [0.3, 0.4) is 0 Å². The molecular weight excluding hydrogens is 424 g/mol. The van der Waals surface area contributed by atoms with Gasteiger partial charge in [0, 0.05) is 51.0 Å². The first-order valence-electron chi connectivity index (χ1n) is 10.9. The maximum atomic E-state index is 12.6. The number of rotatable bonds is 12. The smallest absolute Gasteiger partial charge is 0.243 e. The molecule has 32 heavy (non-hydrogen) atoms. The molecule has 0 aliphatic carbocycles. The second kappa shape index (κ2) is 11.6. The molecule has 8 heteroatoms. The molecular formula is C24H36N4O3S. The van der Waals surface area contributed by atoms with Crippen molar-refractivity contribution in [2.24, 2.45) is 0 Å². The molecule has 176 valence electrons. The van der Waals surface area contributed by atoms with Crippen LogP contribution in [-0.4, -0.2) is 77.8 Å². The number of sulfonamides is 1. The van der Waals surface area contributed by atoms with Gasteiger partial charge in [-0.15, -0.1) is 0 Å². The Morgan fingerprint density at radius 1 is 0.906 bits per heavy atom. The number of likely N-dealkylation sites (N-methyl/N-ethyl adjacent to an activating group) is 1. The maximum Gasteiger partial charge on any atom is 0.243 e. The van der Waals surface area contributed by atoms with Gasteiger partial charge in [0.2, 0.25) is 10.0 Å². The molecule has 1 atom stereocenters.